The van der Waals surface area contributed by atoms with Gasteiger partial charge in [-0.25, -0.2) is 4.79 Å². The fourth-order valence-corrected chi connectivity index (χ4v) is 3.81. The van der Waals surface area contributed by atoms with Crippen LogP contribution in [0.3, 0.4) is 0 Å². The molecular weight excluding hydrogens is 368 g/mol. The highest BCUT2D eigenvalue weighted by Crippen LogP contribution is 2.15. The van der Waals surface area contributed by atoms with E-state index in [-0.39, 0.29) is 11.5 Å². The van der Waals surface area contributed by atoms with Crippen LogP contribution in [0.5, 0.6) is 0 Å². The standard InChI is InChI=1S/C22H32N4O3/c1-3-4-12-26-21(28)18-7-6-17(15-19(18)24-22(26)29)20(27)23-10-5-11-25-13-8-16(2)9-14-25/h6-7,15-16H,3-5,8-14H2,1-2H3,(H,23,27)(H,24,29). The molecule has 158 valence electrons. The lowest BCUT2D eigenvalue weighted by atomic mass is 9.99. The second-order valence-corrected chi connectivity index (χ2v) is 8.13. The molecule has 0 aliphatic carbocycles. The summed E-state index contributed by atoms with van der Waals surface area (Å²) in [5, 5.41) is 3.37. The Balaban J connectivity index is 1.60. The van der Waals surface area contributed by atoms with Crippen molar-refractivity contribution in [1.29, 1.82) is 0 Å². The van der Waals surface area contributed by atoms with Crippen molar-refractivity contribution < 1.29 is 4.79 Å². The number of H-pyrrole nitrogens is 1. The van der Waals surface area contributed by atoms with Crippen LogP contribution in [-0.4, -0.2) is 46.5 Å². The number of nitrogens with zero attached hydrogens (tertiary/aromatic N) is 2. The second kappa shape index (κ2) is 9.87. The third-order valence-electron chi connectivity index (χ3n) is 5.79. The molecule has 1 saturated heterocycles. The van der Waals surface area contributed by atoms with Crippen LogP contribution in [0.1, 0.15) is 56.3 Å². The van der Waals surface area contributed by atoms with Gasteiger partial charge in [0.05, 0.1) is 10.9 Å². The maximum Gasteiger partial charge on any atom is 0.328 e. The molecule has 2 heterocycles. The number of fused-ring (bicyclic) bond motifs is 1. The van der Waals surface area contributed by atoms with Gasteiger partial charge in [-0.2, -0.15) is 0 Å². The van der Waals surface area contributed by atoms with Crippen LogP contribution < -0.4 is 16.6 Å². The Labute approximate surface area is 171 Å². The van der Waals surface area contributed by atoms with E-state index < -0.39 is 5.69 Å². The van der Waals surface area contributed by atoms with Gasteiger partial charge in [-0.05, 0) is 69.4 Å². The molecule has 29 heavy (non-hydrogen) atoms. The van der Waals surface area contributed by atoms with E-state index in [2.05, 4.69) is 22.1 Å². The molecule has 0 unspecified atom stereocenters. The minimum Gasteiger partial charge on any atom is -0.352 e. The van der Waals surface area contributed by atoms with E-state index in [1.54, 1.807) is 18.2 Å². The molecule has 1 aromatic carbocycles. The van der Waals surface area contributed by atoms with E-state index in [0.717, 1.165) is 44.8 Å². The van der Waals surface area contributed by atoms with Gasteiger partial charge in [-0.1, -0.05) is 20.3 Å². The van der Waals surface area contributed by atoms with Crippen LogP contribution in [0.25, 0.3) is 10.9 Å². The van der Waals surface area contributed by atoms with Crippen molar-refractivity contribution in [1.82, 2.24) is 19.8 Å². The number of unbranched alkanes of at least 4 members (excludes halogenated alkanes) is 1. The van der Waals surface area contributed by atoms with Crippen molar-refractivity contribution in [2.45, 2.75) is 52.5 Å². The normalized spacial score (nSPS) is 15.7. The Morgan fingerprint density at radius 2 is 1.93 bits per heavy atom. The van der Waals surface area contributed by atoms with E-state index in [1.807, 2.05) is 6.92 Å². The summed E-state index contributed by atoms with van der Waals surface area (Å²) in [6, 6.07) is 4.86. The SMILES string of the molecule is CCCCn1c(=O)[nH]c2cc(C(=O)NCCCN3CCC(C)CC3)ccc2c1=O. The molecule has 1 aliphatic heterocycles. The number of hydrogen-bond acceptors (Lipinski definition) is 4. The molecule has 1 amide bonds. The zero-order valence-corrected chi connectivity index (χ0v) is 17.5. The van der Waals surface area contributed by atoms with Gasteiger partial charge in [0.25, 0.3) is 11.5 Å². The molecule has 7 nitrogen and oxygen atoms in total. The summed E-state index contributed by atoms with van der Waals surface area (Å²) in [7, 11) is 0. The lowest BCUT2D eigenvalue weighted by Crippen LogP contribution is -2.36. The molecule has 0 bridgehead atoms. The van der Waals surface area contributed by atoms with Gasteiger partial charge in [-0.15, -0.1) is 0 Å². The number of piperidine rings is 1. The van der Waals surface area contributed by atoms with Crippen molar-refractivity contribution in [3.8, 4) is 0 Å². The zero-order valence-electron chi connectivity index (χ0n) is 17.5. The van der Waals surface area contributed by atoms with Crippen LogP contribution in [0.4, 0.5) is 0 Å². The number of carbonyl (C=O) groups excluding carboxylic acids is 1. The molecule has 1 aliphatic rings. The third-order valence-corrected chi connectivity index (χ3v) is 5.79. The average molecular weight is 401 g/mol. The fraction of sp³-hybridized carbons (Fsp3) is 0.591. The first kappa shape index (κ1) is 21.3. The summed E-state index contributed by atoms with van der Waals surface area (Å²) >= 11 is 0. The average Bonchev–Trinajstić information content (AvgIpc) is 2.72. The summed E-state index contributed by atoms with van der Waals surface area (Å²) in [6.07, 6.45) is 5.08. The monoisotopic (exact) mass is 400 g/mol. The lowest BCUT2D eigenvalue weighted by Gasteiger charge is -2.30. The maximum atomic E-state index is 12.6. The number of amides is 1. The van der Waals surface area contributed by atoms with Crippen LogP contribution in [0, 0.1) is 5.92 Å². The van der Waals surface area contributed by atoms with Crippen molar-refractivity contribution >= 4 is 16.8 Å². The summed E-state index contributed by atoms with van der Waals surface area (Å²) in [6.45, 7) is 8.60. The number of likely N-dealkylation sites (tertiary alicyclic amines) is 1. The first-order valence-corrected chi connectivity index (χ1v) is 10.8. The first-order chi connectivity index (χ1) is 14.0. The topological polar surface area (TPSA) is 87.2 Å². The van der Waals surface area contributed by atoms with E-state index in [4.69, 9.17) is 0 Å². The molecule has 0 saturated carbocycles. The molecule has 0 atom stereocenters. The van der Waals surface area contributed by atoms with Crippen LogP contribution in [0.2, 0.25) is 0 Å². The van der Waals surface area contributed by atoms with Gasteiger partial charge >= 0.3 is 5.69 Å². The molecule has 1 fully saturated rings. The third kappa shape index (κ3) is 5.35. The molecule has 7 heteroatoms. The van der Waals surface area contributed by atoms with E-state index in [9.17, 15) is 14.4 Å². The Hall–Kier alpha value is -2.41. The van der Waals surface area contributed by atoms with Crippen molar-refractivity contribution in [2.75, 3.05) is 26.2 Å². The summed E-state index contributed by atoms with van der Waals surface area (Å²) in [5.74, 6) is 0.635. The van der Waals surface area contributed by atoms with Gasteiger partial charge in [0, 0.05) is 18.7 Å². The van der Waals surface area contributed by atoms with E-state index >= 15 is 0 Å². The summed E-state index contributed by atoms with van der Waals surface area (Å²) in [5.41, 5.74) is 0.123. The number of rotatable bonds is 8. The largest absolute Gasteiger partial charge is 0.352 e. The Morgan fingerprint density at radius 1 is 1.17 bits per heavy atom. The highest BCUT2D eigenvalue weighted by Gasteiger charge is 2.15. The van der Waals surface area contributed by atoms with Gasteiger partial charge in [0.1, 0.15) is 0 Å². The molecule has 3 rings (SSSR count). The van der Waals surface area contributed by atoms with Crippen molar-refractivity contribution in [3.63, 3.8) is 0 Å². The number of carbonyl (C=O) groups is 1. The lowest BCUT2D eigenvalue weighted by molar-refractivity contribution is 0.0950. The van der Waals surface area contributed by atoms with E-state index in [0.29, 0.717) is 29.6 Å². The van der Waals surface area contributed by atoms with Gasteiger partial charge in [0.2, 0.25) is 0 Å². The maximum absolute atomic E-state index is 12.6. The highest BCUT2D eigenvalue weighted by atomic mass is 16.2. The number of hydrogen-bond donors (Lipinski definition) is 2. The Kier molecular flexibility index (Phi) is 7.25. The van der Waals surface area contributed by atoms with Crippen LogP contribution in [0.15, 0.2) is 27.8 Å². The molecule has 1 aromatic heterocycles. The molecule has 0 radical (unpaired) electrons. The number of benzene rings is 1. The van der Waals surface area contributed by atoms with Gasteiger partial charge in [0.15, 0.2) is 0 Å². The predicted octanol–water partition coefficient (Wildman–Crippen LogP) is 2.34. The first-order valence-electron chi connectivity index (χ1n) is 10.8. The Morgan fingerprint density at radius 3 is 2.66 bits per heavy atom. The molecule has 2 aromatic rings. The summed E-state index contributed by atoms with van der Waals surface area (Å²) < 4.78 is 1.23. The summed E-state index contributed by atoms with van der Waals surface area (Å²) in [4.78, 5) is 42.4. The number of aromatic amines is 1. The quantitative estimate of drug-likeness (QED) is 0.666. The van der Waals surface area contributed by atoms with Crippen LogP contribution >= 0.6 is 0 Å². The predicted molar refractivity (Wildman–Crippen MR) is 116 cm³/mol. The van der Waals surface area contributed by atoms with Gasteiger partial charge < -0.3 is 15.2 Å². The molecule has 0 spiro atoms. The fourth-order valence-electron chi connectivity index (χ4n) is 3.81. The zero-order chi connectivity index (χ0) is 20.8. The van der Waals surface area contributed by atoms with Gasteiger partial charge in [-0.3, -0.25) is 14.2 Å². The second-order valence-electron chi connectivity index (χ2n) is 8.13. The molecule has 2 N–H and O–H groups in total. The highest BCUT2D eigenvalue weighted by molar-refractivity contribution is 5.97. The van der Waals surface area contributed by atoms with Crippen molar-refractivity contribution in [2.24, 2.45) is 5.92 Å². The van der Waals surface area contributed by atoms with Crippen molar-refractivity contribution in [3.05, 3.63) is 44.6 Å². The smallest absolute Gasteiger partial charge is 0.328 e. The van der Waals surface area contributed by atoms with Crippen LogP contribution in [-0.2, 0) is 6.54 Å². The molecular formula is C22H32N4O3. The number of nitrogens with one attached hydrogen (secondary N) is 2. The van der Waals surface area contributed by atoms with E-state index in [1.165, 1.54) is 17.4 Å². The Bertz CT molecular complexity index is 955. The minimum atomic E-state index is -0.427. The minimum absolute atomic E-state index is 0.185. The number of aromatic nitrogens is 2.